The molecule has 3 N–H and O–H groups in total. The van der Waals surface area contributed by atoms with Crippen LogP contribution in [-0.2, 0) is 46.7 Å². The maximum atomic E-state index is 14.8. The van der Waals surface area contributed by atoms with Crippen LogP contribution in [-0.4, -0.2) is 77.2 Å². The fraction of sp³-hybridized carbons (Fsp3) is 0.533. The van der Waals surface area contributed by atoms with E-state index in [0.29, 0.717) is 58.9 Å². The highest BCUT2D eigenvalue weighted by Crippen LogP contribution is 2.51. The zero-order valence-corrected chi connectivity index (χ0v) is 36.0. The third-order valence-corrected chi connectivity index (χ3v) is 10.3. The van der Waals surface area contributed by atoms with Crippen molar-refractivity contribution >= 4 is 25.5 Å². The predicted octanol–water partition coefficient (Wildman–Crippen LogP) is 8.34. The summed E-state index contributed by atoms with van der Waals surface area (Å²) in [4.78, 5) is 39.4. The van der Waals surface area contributed by atoms with Gasteiger partial charge in [0.1, 0.15) is 0 Å². The van der Waals surface area contributed by atoms with Crippen molar-refractivity contribution in [1.29, 1.82) is 0 Å². The normalized spacial score (nSPS) is 13.0. The Morgan fingerprint density at radius 1 is 0.458 bits per heavy atom. The van der Waals surface area contributed by atoms with Crippen LogP contribution in [0.25, 0.3) is 0 Å². The molecule has 3 atom stereocenters. The van der Waals surface area contributed by atoms with Crippen molar-refractivity contribution < 1.29 is 46.7 Å². The number of phosphoric acid groups is 1. The molecule has 0 aromatic heterocycles. The molecule has 0 saturated heterocycles. The zero-order valence-electron chi connectivity index (χ0n) is 35.1. The summed E-state index contributed by atoms with van der Waals surface area (Å²) in [6, 6.07) is 25.5. The van der Waals surface area contributed by atoms with Gasteiger partial charge in [-0.3, -0.25) is 28.0 Å². The lowest BCUT2D eigenvalue weighted by Gasteiger charge is -2.27. The monoisotopic (exact) mass is 839 g/mol. The van der Waals surface area contributed by atoms with Crippen LogP contribution in [0.1, 0.15) is 113 Å². The number of carbonyl (C=O) groups is 3. The molecule has 0 aliphatic carbocycles. The Bertz CT molecular complexity index is 1430. The predicted molar refractivity (Wildman–Crippen MR) is 228 cm³/mol. The topological polar surface area (TPSA) is 160 Å². The van der Waals surface area contributed by atoms with Crippen molar-refractivity contribution in [2.75, 3.05) is 59.5 Å². The summed E-state index contributed by atoms with van der Waals surface area (Å²) in [7, 11) is -4.49. The second kappa shape index (κ2) is 30.1. The first-order chi connectivity index (χ1) is 28.8. The number of benzene rings is 3. The molecular weight excluding hydrogens is 773 g/mol. The van der Waals surface area contributed by atoms with E-state index >= 15 is 0 Å². The summed E-state index contributed by atoms with van der Waals surface area (Å²) in [5, 5.41) is 9.03. The van der Waals surface area contributed by atoms with Gasteiger partial charge in [0, 0.05) is 58.9 Å². The first-order valence-corrected chi connectivity index (χ1v) is 22.5. The van der Waals surface area contributed by atoms with Gasteiger partial charge in [0.15, 0.2) is 0 Å². The Labute approximate surface area is 351 Å². The number of carbonyl (C=O) groups excluding carboxylic acids is 3. The Kier molecular flexibility index (Phi) is 25.2. The standard InChI is InChI=1S/C45H66N3O10P/c1-4-28-53-31-16-25-43(49)46-40(37-19-10-7-11-20-37)34-56-59(52,57-35-41(38-21-12-8-13-22-38)47-44(50)26-17-32-54-29-5-2)58-36-42(39-23-14-9-15-24-39)48-45(51)27-18-33-55-30-6-3/h7-15,19-24,40-42H,4-6,16-18,25-36H2,1-3H3,(H,46,49)(H,47,50)(H,48,51)/t40-,41-,42-/m0/s1. The van der Waals surface area contributed by atoms with Gasteiger partial charge in [-0.2, -0.15) is 0 Å². The van der Waals surface area contributed by atoms with Crippen LogP contribution in [0.15, 0.2) is 91.0 Å². The molecule has 326 valence electrons. The van der Waals surface area contributed by atoms with Gasteiger partial charge in [-0.05, 0) is 55.2 Å². The zero-order chi connectivity index (χ0) is 42.4. The van der Waals surface area contributed by atoms with Gasteiger partial charge in [0.2, 0.25) is 17.7 Å². The molecule has 0 fully saturated rings. The molecule has 3 rings (SSSR count). The van der Waals surface area contributed by atoms with Gasteiger partial charge >= 0.3 is 7.82 Å². The minimum absolute atomic E-state index is 0.224. The lowest BCUT2D eigenvalue weighted by atomic mass is 10.1. The van der Waals surface area contributed by atoms with Gasteiger partial charge in [0.05, 0.1) is 37.9 Å². The molecule has 13 nitrogen and oxygen atoms in total. The van der Waals surface area contributed by atoms with Crippen LogP contribution in [0.3, 0.4) is 0 Å². The minimum atomic E-state index is -4.49. The number of ether oxygens (including phenoxy) is 3. The van der Waals surface area contributed by atoms with Crippen molar-refractivity contribution in [3.63, 3.8) is 0 Å². The minimum Gasteiger partial charge on any atom is -0.381 e. The summed E-state index contributed by atoms with van der Waals surface area (Å²) < 4.78 is 49.8. The lowest BCUT2D eigenvalue weighted by Crippen LogP contribution is -2.33. The summed E-state index contributed by atoms with van der Waals surface area (Å²) in [6.45, 7) is 8.55. The summed E-state index contributed by atoms with van der Waals surface area (Å²) in [5.74, 6) is -0.672. The molecule has 14 heteroatoms. The van der Waals surface area contributed by atoms with E-state index in [4.69, 9.17) is 27.8 Å². The quantitative estimate of drug-likeness (QED) is 0.0402. The summed E-state index contributed by atoms with van der Waals surface area (Å²) in [6.07, 6.45) is 4.97. The van der Waals surface area contributed by atoms with E-state index in [-0.39, 0.29) is 56.8 Å². The molecule has 0 spiro atoms. The fourth-order valence-corrected chi connectivity index (χ4v) is 7.09. The molecule has 0 aliphatic heterocycles. The molecule has 59 heavy (non-hydrogen) atoms. The highest BCUT2D eigenvalue weighted by atomic mass is 31.2. The molecule has 0 aliphatic rings. The van der Waals surface area contributed by atoms with E-state index in [0.717, 1.165) is 36.0 Å². The molecule has 3 aromatic rings. The molecule has 0 radical (unpaired) electrons. The number of phosphoric ester groups is 1. The van der Waals surface area contributed by atoms with Gasteiger partial charge in [-0.25, -0.2) is 4.57 Å². The van der Waals surface area contributed by atoms with Crippen molar-refractivity contribution in [1.82, 2.24) is 16.0 Å². The molecule has 3 amide bonds. The third-order valence-electron chi connectivity index (χ3n) is 8.93. The fourth-order valence-electron chi connectivity index (χ4n) is 5.87. The van der Waals surface area contributed by atoms with E-state index in [1.807, 2.05) is 112 Å². The molecular formula is C45H66N3O10P. The maximum absolute atomic E-state index is 14.8. The average molecular weight is 840 g/mol. The summed E-state index contributed by atoms with van der Waals surface area (Å²) in [5.41, 5.74) is 2.18. The van der Waals surface area contributed by atoms with Crippen LogP contribution in [0.2, 0.25) is 0 Å². The van der Waals surface area contributed by atoms with Gasteiger partial charge < -0.3 is 30.2 Å². The van der Waals surface area contributed by atoms with E-state index < -0.39 is 25.9 Å². The number of amides is 3. The SMILES string of the molecule is CCCOCCCC(=O)N[C@@H](COP(=O)(OC[C@H](NC(=O)CCCOCCC)c1ccccc1)OC[C@H](NC(=O)CCCOCCC)c1ccccc1)c1ccccc1. The third kappa shape index (κ3) is 21.2. The first kappa shape index (κ1) is 49.4. The van der Waals surface area contributed by atoms with E-state index in [9.17, 15) is 18.9 Å². The summed E-state index contributed by atoms with van der Waals surface area (Å²) >= 11 is 0. The second-order valence-corrected chi connectivity index (χ2v) is 15.7. The molecule has 0 heterocycles. The maximum Gasteiger partial charge on any atom is 0.475 e. The largest absolute Gasteiger partial charge is 0.475 e. The number of hydrogen-bond donors (Lipinski definition) is 3. The molecule has 0 saturated carbocycles. The van der Waals surface area contributed by atoms with Crippen molar-refractivity contribution in [3.8, 4) is 0 Å². The first-order valence-electron chi connectivity index (χ1n) is 21.1. The Balaban J connectivity index is 1.85. The number of nitrogens with one attached hydrogen (secondary N) is 3. The van der Waals surface area contributed by atoms with Crippen LogP contribution in [0.5, 0.6) is 0 Å². The average Bonchev–Trinajstić information content (AvgIpc) is 3.26. The van der Waals surface area contributed by atoms with Crippen molar-refractivity contribution in [3.05, 3.63) is 108 Å². The molecule has 3 aromatic carbocycles. The Morgan fingerprint density at radius 2 is 0.729 bits per heavy atom. The van der Waals surface area contributed by atoms with Gasteiger partial charge in [0.25, 0.3) is 0 Å². The number of rotatable bonds is 33. The van der Waals surface area contributed by atoms with Gasteiger partial charge in [-0.1, -0.05) is 112 Å². The van der Waals surface area contributed by atoms with Crippen LogP contribution < -0.4 is 16.0 Å². The van der Waals surface area contributed by atoms with Crippen LogP contribution >= 0.6 is 7.82 Å². The van der Waals surface area contributed by atoms with E-state index in [2.05, 4.69) is 16.0 Å². The number of hydrogen-bond acceptors (Lipinski definition) is 10. The second-order valence-electron chi connectivity index (χ2n) is 14.1. The van der Waals surface area contributed by atoms with E-state index in [1.165, 1.54) is 0 Å². The van der Waals surface area contributed by atoms with Crippen LogP contribution in [0, 0.1) is 0 Å². The Hall–Kier alpha value is -3.94. The smallest absolute Gasteiger partial charge is 0.381 e. The molecule has 0 bridgehead atoms. The van der Waals surface area contributed by atoms with Gasteiger partial charge in [-0.15, -0.1) is 0 Å². The lowest BCUT2D eigenvalue weighted by molar-refractivity contribution is -0.123. The highest BCUT2D eigenvalue weighted by molar-refractivity contribution is 7.48. The van der Waals surface area contributed by atoms with Crippen LogP contribution in [0.4, 0.5) is 0 Å². The van der Waals surface area contributed by atoms with Crippen molar-refractivity contribution in [2.24, 2.45) is 0 Å². The van der Waals surface area contributed by atoms with E-state index in [1.54, 1.807) is 0 Å². The Morgan fingerprint density at radius 3 is 0.983 bits per heavy atom. The molecule has 0 unspecified atom stereocenters. The van der Waals surface area contributed by atoms with Crippen molar-refractivity contribution in [2.45, 2.75) is 96.7 Å². The highest BCUT2D eigenvalue weighted by Gasteiger charge is 2.33.